The van der Waals surface area contributed by atoms with Gasteiger partial charge in [-0.1, -0.05) is 44.0 Å². The van der Waals surface area contributed by atoms with Gasteiger partial charge < -0.3 is 19.5 Å². The Balaban J connectivity index is 1.41. The summed E-state index contributed by atoms with van der Waals surface area (Å²) < 4.78 is 15.7. The fourth-order valence-electron chi connectivity index (χ4n) is 3.32. The summed E-state index contributed by atoms with van der Waals surface area (Å²) in [4.78, 5) is 36.8. The minimum absolute atomic E-state index is 0.0323. The number of benzene rings is 2. The second-order valence-corrected chi connectivity index (χ2v) is 7.77. The van der Waals surface area contributed by atoms with E-state index in [1.807, 2.05) is 12.1 Å². The van der Waals surface area contributed by atoms with Crippen LogP contribution in [0.5, 0.6) is 11.5 Å². The van der Waals surface area contributed by atoms with E-state index in [1.165, 1.54) is 25.3 Å². The van der Waals surface area contributed by atoms with Crippen molar-refractivity contribution in [3.8, 4) is 11.5 Å². The number of nitrogens with one attached hydrogen (secondary N) is 1. The zero-order valence-corrected chi connectivity index (χ0v) is 18.5. The maximum absolute atomic E-state index is 12.4. The lowest BCUT2D eigenvalue weighted by Gasteiger charge is -2.13. The zero-order chi connectivity index (χ0) is 22.9. The third-order valence-electron chi connectivity index (χ3n) is 5.22. The van der Waals surface area contributed by atoms with Gasteiger partial charge in [-0.25, -0.2) is 0 Å². The monoisotopic (exact) mass is 439 g/mol. The third kappa shape index (κ3) is 6.57. The van der Waals surface area contributed by atoms with Crippen LogP contribution in [-0.4, -0.2) is 30.6 Å². The summed E-state index contributed by atoms with van der Waals surface area (Å²) in [6, 6.07) is 12.5. The number of aryl methyl sites for hydroxylation is 1. The van der Waals surface area contributed by atoms with Gasteiger partial charge in [0.1, 0.15) is 0 Å². The van der Waals surface area contributed by atoms with Gasteiger partial charge in [0.25, 0.3) is 5.91 Å². The minimum atomic E-state index is -0.995. The predicted octanol–water partition coefficient (Wildman–Crippen LogP) is 4.68. The molecule has 0 bridgehead atoms. The molecule has 0 aliphatic carbocycles. The number of Topliss-reactive ketones (excluding diaryl/α,β-unsaturated/α-hetero) is 1. The van der Waals surface area contributed by atoms with Crippen LogP contribution in [0.1, 0.15) is 61.9 Å². The van der Waals surface area contributed by atoms with Crippen molar-refractivity contribution < 1.29 is 28.6 Å². The van der Waals surface area contributed by atoms with Crippen molar-refractivity contribution in [2.75, 3.05) is 12.1 Å². The van der Waals surface area contributed by atoms with E-state index in [4.69, 9.17) is 14.2 Å². The highest BCUT2D eigenvalue weighted by Gasteiger charge is 2.20. The number of hydrogen-bond acceptors (Lipinski definition) is 6. The number of carbonyl (C=O) groups is 3. The molecule has 1 amide bonds. The van der Waals surface area contributed by atoms with Crippen LogP contribution >= 0.6 is 0 Å². The lowest BCUT2D eigenvalue weighted by molar-refractivity contribution is -0.153. The van der Waals surface area contributed by atoms with Crippen LogP contribution in [0, 0.1) is 0 Å². The number of anilines is 1. The average Bonchev–Trinajstić information content (AvgIpc) is 3.26. The van der Waals surface area contributed by atoms with Gasteiger partial charge >= 0.3 is 5.97 Å². The van der Waals surface area contributed by atoms with E-state index in [0.717, 1.165) is 12.8 Å². The molecule has 1 aliphatic heterocycles. The molecule has 7 heteroatoms. The number of esters is 1. The SMILES string of the molecule is CCCCCc1ccc(C(=O)CCC(=O)OC(C)C(=O)Nc2ccc3c(c2)OCO3)cc1. The first-order valence-corrected chi connectivity index (χ1v) is 11.0. The second kappa shape index (κ2) is 11.3. The standard InChI is InChI=1S/C25H29NO6/c1-3-4-5-6-18-7-9-19(10-8-18)21(27)12-14-24(28)32-17(2)25(29)26-20-11-13-22-23(15-20)31-16-30-22/h7-11,13,15,17H,3-6,12,14,16H2,1-2H3,(H,26,29). The topological polar surface area (TPSA) is 90.9 Å². The Morgan fingerprint density at radius 3 is 2.50 bits per heavy atom. The third-order valence-corrected chi connectivity index (χ3v) is 5.22. The molecule has 1 aliphatic rings. The summed E-state index contributed by atoms with van der Waals surface area (Å²) in [6.45, 7) is 3.79. The molecule has 0 saturated carbocycles. The predicted molar refractivity (Wildman–Crippen MR) is 120 cm³/mol. The quantitative estimate of drug-likeness (QED) is 0.311. The van der Waals surface area contributed by atoms with Crippen molar-refractivity contribution in [2.45, 2.75) is 58.5 Å². The Morgan fingerprint density at radius 2 is 1.75 bits per heavy atom. The molecular weight excluding hydrogens is 410 g/mol. The number of ketones is 1. The summed E-state index contributed by atoms with van der Waals surface area (Å²) in [6.07, 6.45) is 3.45. The Hall–Kier alpha value is -3.35. The number of carbonyl (C=O) groups excluding carboxylic acids is 3. The van der Waals surface area contributed by atoms with Crippen LogP contribution < -0.4 is 14.8 Å². The molecule has 2 aromatic carbocycles. The molecule has 0 saturated heterocycles. The van der Waals surface area contributed by atoms with Gasteiger partial charge in [-0.2, -0.15) is 0 Å². The average molecular weight is 440 g/mol. The summed E-state index contributed by atoms with van der Waals surface area (Å²) in [5.41, 5.74) is 2.29. The summed E-state index contributed by atoms with van der Waals surface area (Å²) in [5, 5.41) is 2.67. The van der Waals surface area contributed by atoms with Crippen LogP contribution in [0.15, 0.2) is 42.5 Å². The minimum Gasteiger partial charge on any atom is -0.454 e. The smallest absolute Gasteiger partial charge is 0.307 e. The highest BCUT2D eigenvalue weighted by molar-refractivity contribution is 5.98. The van der Waals surface area contributed by atoms with E-state index in [2.05, 4.69) is 12.2 Å². The molecule has 2 aromatic rings. The molecule has 0 spiro atoms. The van der Waals surface area contributed by atoms with E-state index in [9.17, 15) is 14.4 Å². The summed E-state index contributed by atoms with van der Waals surface area (Å²) >= 11 is 0. The van der Waals surface area contributed by atoms with Gasteiger partial charge in [0.2, 0.25) is 6.79 Å². The van der Waals surface area contributed by atoms with Crippen molar-refractivity contribution in [1.29, 1.82) is 0 Å². The summed E-state index contributed by atoms with van der Waals surface area (Å²) in [5.74, 6) is -0.0390. The van der Waals surface area contributed by atoms with Crippen LogP contribution in [0.25, 0.3) is 0 Å². The fourth-order valence-corrected chi connectivity index (χ4v) is 3.32. The number of fused-ring (bicyclic) bond motifs is 1. The number of amides is 1. The highest BCUT2D eigenvalue weighted by Crippen LogP contribution is 2.34. The van der Waals surface area contributed by atoms with Crippen molar-refractivity contribution in [2.24, 2.45) is 0 Å². The molecule has 1 heterocycles. The fraction of sp³-hybridized carbons (Fsp3) is 0.400. The second-order valence-electron chi connectivity index (χ2n) is 7.77. The van der Waals surface area contributed by atoms with Crippen molar-refractivity contribution in [3.05, 3.63) is 53.6 Å². The Labute approximate surface area is 188 Å². The van der Waals surface area contributed by atoms with Gasteiger partial charge in [0, 0.05) is 23.7 Å². The van der Waals surface area contributed by atoms with Gasteiger partial charge in [-0.15, -0.1) is 0 Å². The van der Waals surface area contributed by atoms with E-state index >= 15 is 0 Å². The molecule has 3 rings (SSSR count). The number of unbranched alkanes of at least 4 members (excludes halogenated alkanes) is 2. The van der Waals surface area contributed by atoms with Gasteiger partial charge in [0.05, 0.1) is 6.42 Å². The maximum Gasteiger partial charge on any atom is 0.307 e. The molecule has 1 N–H and O–H groups in total. The van der Waals surface area contributed by atoms with Crippen molar-refractivity contribution >= 4 is 23.3 Å². The lowest BCUT2D eigenvalue weighted by Crippen LogP contribution is -2.30. The van der Waals surface area contributed by atoms with Crippen LogP contribution in [0.4, 0.5) is 5.69 Å². The molecule has 32 heavy (non-hydrogen) atoms. The van der Waals surface area contributed by atoms with Gasteiger partial charge in [-0.3, -0.25) is 14.4 Å². The molecule has 0 radical (unpaired) electrons. The number of ether oxygens (including phenoxy) is 3. The first-order valence-electron chi connectivity index (χ1n) is 11.0. The van der Waals surface area contributed by atoms with Crippen LogP contribution in [-0.2, 0) is 20.7 Å². The number of rotatable bonds is 11. The highest BCUT2D eigenvalue weighted by atomic mass is 16.7. The van der Waals surface area contributed by atoms with E-state index in [0.29, 0.717) is 22.7 Å². The molecule has 0 aromatic heterocycles. The molecule has 1 atom stereocenters. The zero-order valence-electron chi connectivity index (χ0n) is 18.5. The Kier molecular flexibility index (Phi) is 8.25. The normalized spacial score (nSPS) is 12.8. The Bertz CT molecular complexity index is 953. The molecule has 7 nitrogen and oxygen atoms in total. The summed E-state index contributed by atoms with van der Waals surface area (Å²) in [7, 11) is 0. The van der Waals surface area contributed by atoms with Crippen LogP contribution in [0.2, 0.25) is 0 Å². The molecule has 1 unspecified atom stereocenters. The molecule has 0 fully saturated rings. The Morgan fingerprint density at radius 1 is 1.00 bits per heavy atom. The molecule has 170 valence electrons. The lowest BCUT2D eigenvalue weighted by atomic mass is 10.0. The first-order chi connectivity index (χ1) is 15.5. The number of hydrogen-bond donors (Lipinski definition) is 1. The maximum atomic E-state index is 12.4. The molecular formula is C25H29NO6. The van der Waals surface area contributed by atoms with E-state index < -0.39 is 18.0 Å². The van der Waals surface area contributed by atoms with Gasteiger partial charge in [-0.05, 0) is 37.5 Å². The van der Waals surface area contributed by atoms with E-state index in [1.54, 1.807) is 30.3 Å². The first kappa shape index (κ1) is 23.3. The largest absolute Gasteiger partial charge is 0.454 e. The van der Waals surface area contributed by atoms with Crippen molar-refractivity contribution in [3.63, 3.8) is 0 Å². The van der Waals surface area contributed by atoms with Crippen molar-refractivity contribution in [1.82, 2.24) is 0 Å². The van der Waals surface area contributed by atoms with Gasteiger partial charge in [0.15, 0.2) is 23.4 Å². The van der Waals surface area contributed by atoms with E-state index in [-0.39, 0.29) is 25.4 Å². The van der Waals surface area contributed by atoms with Crippen LogP contribution in [0.3, 0.4) is 0 Å².